The zero-order valence-electron chi connectivity index (χ0n) is 9.71. The Balaban J connectivity index is 1.91. The van der Waals surface area contributed by atoms with E-state index < -0.39 is 18.3 Å². The van der Waals surface area contributed by atoms with Crippen LogP contribution in [0.5, 0.6) is 0 Å². The largest absolute Gasteiger partial charge is 0.392 e. The first-order valence-corrected chi connectivity index (χ1v) is 6.19. The van der Waals surface area contributed by atoms with Crippen molar-refractivity contribution >= 4 is 0 Å². The minimum Gasteiger partial charge on any atom is -0.378 e. The lowest BCUT2D eigenvalue weighted by atomic mass is 9.92. The van der Waals surface area contributed by atoms with Crippen LogP contribution in [0.2, 0.25) is 0 Å². The van der Waals surface area contributed by atoms with Gasteiger partial charge in [-0.1, -0.05) is 0 Å². The maximum Gasteiger partial charge on any atom is 0.392 e. The molecule has 6 heteroatoms. The van der Waals surface area contributed by atoms with Gasteiger partial charge in [-0.15, -0.1) is 0 Å². The molecular formula is C11H19F3N2O. The zero-order valence-corrected chi connectivity index (χ0v) is 9.71. The van der Waals surface area contributed by atoms with Gasteiger partial charge >= 0.3 is 6.18 Å². The summed E-state index contributed by atoms with van der Waals surface area (Å²) in [6.45, 7) is 2.13. The van der Waals surface area contributed by atoms with Crippen molar-refractivity contribution in [2.24, 2.45) is 5.92 Å². The molecule has 0 amide bonds. The summed E-state index contributed by atoms with van der Waals surface area (Å²) in [6, 6.07) is 0.237. The third kappa shape index (κ3) is 3.11. The van der Waals surface area contributed by atoms with Crippen LogP contribution in [0.4, 0.5) is 13.2 Å². The number of rotatable bonds is 1. The molecule has 2 heterocycles. The molecule has 0 aromatic carbocycles. The molecule has 2 N–H and O–H groups in total. The second kappa shape index (κ2) is 5.12. The average Bonchev–Trinajstić information content (AvgIpc) is 2.29. The highest BCUT2D eigenvalue weighted by molar-refractivity contribution is 4.86. The Hall–Kier alpha value is -0.330. The number of aliphatic hydroxyl groups excluding tert-OH is 1. The zero-order chi connectivity index (χ0) is 12.5. The molecule has 0 spiro atoms. The standard InChI is InChI=1S/C11H19F3N2O/c12-11(13,14)8-3-6-16(10(17)7-8)9-1-4-15-5-2-9/h8-10,15,17H,1-7H2. The van der Waals surface area contributed by atoms with E-state index in [1.54, 1.807) is 0 Å². The second-order valence-electron chi connectivity index (χ2n) is 4.96. The molecule has 2 rings (SSSR count). The van der Waals surface area contributed by atoms with Gasteiger partial charge in [0, 0.05) is 12.6 Å². The van der Waals surface area contributed by atoms with E-state index in [0.717, 1.165) is 25.9 Å². The molecule has 0 saturated carbocycles. The van der Waals surface area contributed by atoms with Gasteiger partial charge in [-0.3, -0.25) is 4.90 Å². The van der Waals surface area contributed by atoms with E-state index in [1.807, 2.05) is 4.90 Å². The van der Waals surface area contributed by atoms with Crippen LogP contribution in [-0.4, -0.2) is 48.1 Å². The van der Waals surface area contributed by atoms with Crippen molar-refractivity contribution in [3.8, 4) is 0 Å². The minimum atomic E-state index is -4.17. The van der Waals surface area contributed by atoms with E-state index in [0.29, 0.717) is 6.54 Å². The Kier molecular flexibility index (Phi) is 3.95. The number of alkyl halides is 3. The van der Waals surface area contributed by atoms with Crippen molar-refractivity contribution in [1.82, 2.24) is 10.2 Å². The highest BCUT2D eigenvalue weighted by Crippen LogP contribution is 2.37. The van der Waals surface area contributed by atoms with Crippen molar-refractivity contribution < 1.29 is 18.3 Å². The van der Waals surface area contributed by atoms with Gasteiger partial charge in [-0.2, -0.15) is 13.2 Å². The first-order valence-electron chi connectivity index (χ1n) is 6.19. The van der Waals surface area contributed by atoms with Crippen molar-refractivity contribution in [2.75, 3.05) is 19.6 Å². The van der Waals surface area contributed by atoms with E-state index in [9.17, 15) is 18.3 Å². The fourth-order valence-electron chi connectivity index (χ4n) is 2.82. The highest BCUT2D eigenvalue weighted by atomic mass is 19.4. The Morgan fingerprint density at radius 2 is 1.76 bits per heavy atom. The van der Waals surface area contributed by atoms with E-state index in [1.165, 1.54) is 0 Å². The number of piperidine rings is 2. The van der Waals surface area contributed by atoms with Gasteiger partial charge in [0.2, 0.25) is 0 Å². The fraction of sp³-hybridized carbons (Fsp3) is 1.00. The average molecular weight is 252 g/mol. The third-order valence-corrected chi connectivity index (χ3v) is 3.85. The second-order valence-corrected chi connectivity index (χ2v) is 4.96. The van der Waals surface area contributed by atoms with Gasteiger partial charge in [0.25, 0.3) is 0 Å². The van der Waals surface area contributed by atoms with Crippen LogP contribution in [0, 0.1) is 5.92 Å². The predicted molar refractivity (Wildman–Crippen MR) is 57.4 cm³/mol. The van der Waals surface area contributed by atoms with Crippen LogP contribution in [0.3, 0.4) is 0 Å². The molecule has 2 unspecified atom stereocenters. The summed E-state index contributed by atoms with van der Waals surface area (Å²) >= 11 is 0. The molecule has 3 nitrogen and oxygen atoms in total. The quantitative estimate of drug-likeness (QED) is 0.739. The Morgan fingerprint density at radius 1 is 1.12 bits per heavy atom. The molecule has 0 aliphatic carbocycles. The topological polar surface area (TPSA) is 35.5 Å². The maximum absolute atomic E-state index is 12.5. The predicted octanol–water partition coefficient (Wildman–Crippen LogP) is 1.33. The van der Waals surface area contributed by atoms with E-state index in [-0.39, 0.29) is 18.9 Å². The van der Waals surface area contributed by atoms with E-state index in [2.05, 4.69) is 5.32 Å². The van der Waals surface area contributed by atoms with Gasteiger partial charge < -0.3 is 10.4 Å². The lowest BCUT2D eigenvalue weighted by molar-refractivity contribution is -0.207. The third-order valence-electron chi connectivity index (χ3n) is 3.85. The summed E-state index contributed by atoms with van der Waals surface area (Å²) in [7, 11) is 0. The SMILES string of the molecule is OC1CC(C(F)(F)F)CCN1C1CCNCC1. The van der Waals surface area contributed by atoms with Crippen molar-refractivity contribution in [3.05, 3.63) is 0 Å². The number of aliphatic hydroxyl groups is 1. The first kappa shape index (κ1) is 13.1. The minimum absolute atomic E-state index is 0.116. The number of hydrogen-bond donors (Lipinski definition) is 2. The maximum atomic E-state index is 12.5. The molecule has 2 atom stereocenters. The molecule has 0 aromatic heterocycles. The Labute approximate surface area is 99.0 Å². The Bertz CT molecular complexity index is 254. The lowest BCUT2D eigenvalue weighted by Gasteiger charge is -2.43. The molecule has 17 heavy (non-hydrogen) atoms. The molecule has 0 bridgehead atoms. The smallest absolute Gasteiger partial charge is 0.378 e. The van der Waals surface area contributed by atoms with Crippen LogP contribution in [-0.2, 0) is 0 Å². The van der Waals surface area contributed by atoms with Gasteiger partial charge in [-0.05, 0) is 38.8 Å². The summed E-state index contributed by atoms with van der Waals surface area (Å²) in [4.78, 5) is 1.85. The molecule has 2 aliphatic rings. The van der Waals surface area contributed by atoms with Crippen LogP contribution in [0.15, 0.2) is 0 Å². The fourth-order valence-corrected chi connectivity index (χ4v) is 2.82. The van der Waals surface area contributed by atoms with Crippen molar-refractivity contribution in [1.29, 1.82) is 0 Å². The summed E-state index contributed by atoms with van der Waals surface area (Å²) in [5.74, 6) is -1.34. The molecule has 2 fully saturated rings. The Morgan fingerprint density at radius 3 is 2.29 bits per heavy atom. The summed E-state index contributed by atoms with van der Waals surface area (Å²) < 4.78 is 37.6. The van der Waals surface area contributed by atoms with Crippen LogP contribution in [0.25, 0.3) is 0 Å². The normalized spacial score (nSPS) is 33.9. The summed E-state index contributed by atoms with van der Waals surface area (Å²) in [6.07, 6.45) is -3.33. The van der Waals surface area contributed by atoms with Gasteiger partial charge in [0.1, 0.15) is 6.23 Å². The molecule has 100 valence electrons. The molecule has 0 aromatic rings. The summed E-state index contributed by atoms with van der Waals surface area (Å²) in [5, 5.41) is 13.1. The number of hydrogen-bond acceptors (Lipinski definition) is 3. The molecule has 2 saturated heterocycles. The van der Waals surface area contributed by atoms with Crippen LogP contribution < -0.4 is 5.32 Å². The van der Waals surface area contributed by atoms with E-state index >= 15 is 0 Å². The number of likely N-dealkylation sites (tertiary alicyclic amines) is 1. The summed E-state index contributed by atoms with van der Waals surface area (Å²) in [5.41, 5.74) is 0. The molecule has 2 aliphatic heterocycles. The van der Waals surface area contributed by atoms with Gasteiger partial charge in [0.15, 0.2) is 0 Å². The van der Waals surface area contributed by atoms with Gasteiger partial charge in [0.05, 0.1) is 5.92 Å². The number of nitrogens with one attached hydrogen (secondary N) is 1. The highest BCUT2D eigenvalue weighted by Gasteiger charge is 2.45. The lowest BCUT2D eigenvalue weighted by Crippen LogP contribution is -2.53. The van der Waals surface area contributed by atoms with Gasteiger partial charge in [-0.25, -0.2) is 0 Å². The van der Waals surface area contributed by atoms with Crippen LogP contribution in [0.1, 0.15) is 25.7 Å². The number of halogens is 3. The first-order chi connectivity index (χ1) is 7.98. The molecule has 0 radical (unpaired) electrons. The van der Waals surface area contributed by atoms with Crippen molar-refractivity contribution in [2.45, 2.75) is 44.1 Å². The van der Waals surface area contributed by atoms with Crippen molar-refractivity contribution in [3.63, 3.8) is 0 Å². The van der Waals surface area contributed by atoms with E-state index in [4.69, 9.17) is 0 Å². The molecular weight excluding hydrogens is 233 g/mol. The number of nitrogens with zero attached hydrogens (tertiary/aromatic N) is 1. The van der Waals surface area contributed by atoms with Crippen LogP contribution >= 0.6 is 0 Å². The monoisotopic (exact) mass is 252 g/mol.